The van der Waals surface area contributed by atoms with Crippen LogP contribution in [0.3, 0.4) is 0 Å². The first kappa shape index (κ1) is 12.6. The standard InChI is InChI=1S/C12H19ClO2/c1-3-12(15-9-5-8-13)7-4-6-11(10-12)14-2/h4,6-7H,3,5,8-10H2,1-2H3. The normalized spacial score (nSPS) is 25.1. The van der Waals surface area contributed by atoms with Gasteiger partial charge in [0.05, 0.1) is 18.5 Å². The Morgan fingerprint density at radius 3 is 2.93 bits per heavy atom. The minimum Gasteiger partial charge on any atom is -0.501 e. The summed E-state index contributed by atoms with van der Waals surface area (Å²) < 4.78 is 11.2. The van der Waals surface area contributed by atoms with Gasteiger partial charge in [0.2, 0.25) is 0 Å². The molecule has 15 heavy (non-hydrogen) atoms. The fraction of sp³-hybridized carbons (Fsp3) is 0.667. The van der Waals surface area contributed by atoms with Crippen LogP contribution < -0.4 is 0 Å². The zero-order chi connectivity index (χ0) is 11.1. The molecule has 0 N–H and O–H groups in total. The summed E-state index contributed by atoms with van der Waals surface area (Å²) in [5.74, 6) is 1.63. The predicted molar refractivity (Wildman–Crippen MR) is 63.2 cm³/mol. The van der Waals surface area contributed by atoms with E-state index < -0.39 is 0 Å². The summed E-state index contributed by atoms with van der Waals surface area (Å²) in [6.07, 6.45) is 8.77. The summed E-state index contributed by atoms with van der Waals surface area (Å²) in [7, 11) is 1.70. The van der Waals surface area contributed by atoms with Crippen LogP contribution in [0.5, 0.6) is 0 Å². The second-order valence-electron chi connectivity index (χ2n) is 3.68. The van der Waals surface area contributed by atoms with Gasteiger partial charge in [-0.05, 0) is 18.9 Å². The van der Waals surface area contributed by atoms with E-state index in [1.807, 2.05) is 12.2 Å². The van der Waals surface area contributed by atoms with Crippen LogP contribution >= 0.6 is 11.6 Å². The SMILES string of the molecule is CCC1(OCCCCl)C=CC=C(OC)C1. The molecule has 1 atom stereocenters. The molecule has 0 aliphatic heterocycles. The molecule has 0 amide bonds. The number of hydrogen-bond donors (Lipinski definition) is 0. The Hall–Kier alpha value is -0.470. The molecule has 0 bridgehead atoms. The number of rotatable bonds is 6. The van der Waals surface area contributed by atoms with E-state index in [0.717, 1.165) is 25.0 Å². The monoisotopic (exact) mass is 230 g/mol. The lowest BCUT2D eigenvalue weighted by Crippen LogP contribution is -2.32. The number of allylic oxidation sites excluding steroid dienone is 2. The number of ether oxygens (including phenoxy) is 2. The Morgan fingerprint density at radius 2 is 2.33 bits per heavy atom. The number of hydrogen-bond acceptors (Lipinski definition) is 2. The van der Waals surface area contributed by atoms with Crippen LogP contribution in [-0.4, -0.2) is 25.2 Å². The Kier molecular flexibility index (Phi) is 5.20. The molecule has 0 aromatic carbocycles. The highest BCUT2D eigenvalue weighted by Crippen LogP contribution is 2.30. The van der Waals surface area contributed by atoms with Crippen molar-refractivity contribution in [2.45, 2.75) is 31.8 Å². The molecule has 3 heteroatoms. The molecule has 1 rings (SSSR count). The predicted octanol–water partition coefficient (Wildman–Crippen LogP) is 3.27. The van der Waals surface area contributed by atoms with Crippen LogP contribution in [0.25, 0.3) is 0 Å². The minimum absolute atomic E-state index is 0.188. The third kappa shape index (κ3) is 3.54. The quantitative estimate of drug-likeness (QED) is 0.515. The highest BCUT2D eigenvalue weighted by molar-refractivity contribution is 6.17. The lowest BCUT2D eigenvalue weighted by Gasteiger charge is -2.32. The number of alkyl halides is 1. The molecule has 1 aliphatic carbocycles. The second kappa shape index (κ2) is 6.19. The summed E-state index contributed by atoms with van der Waals surface area (Å²) in [5.41, 5.74) is -0.188. The Labute approximate surface area is 96.9 Å². The fourth-order valence-corrected chi connectivity index (χ4v) is 1.77. The van der Waals surface area contributed by atoms with E-state index in [-0.39, 0.29) is 5.60 Å². The van der Waals surface area contributed by atoms with E-state index in [0.29, 0.717) is 12.5 Å². The molecule has 0 heterocycles. The molecule has 0 spiro atoms. The molecule has 1 aliphatic rings. The first-order valence-electron chi connectivity index (χ1n) is 5.38. The average molecular weight is 231 g/mol. The van der Waals surface area contributed by atoms with Crippen molar-refractivity contribution in [1.82, 2.24) is 0 Å². The van der Waals surface area contributed by atoms with Gasteiger partial charge in [-0.1, -0.05) is 19.1 Å². The molecule has 0 aromatic heterocycles. The highest BCUT2D eigenvalue weighted by Gasteiger charge is 2.29. The van der Waals surface area contributed by atoms with Crippen LogP contribution in [0.2, 0.25) is 0 Å². The molecule has 0 aromatic rings. The summed E-state index contributed by atoms with van der Waals surface area (Å²) in [5, 5.41) is 0. The molecule has 86 valence electrons. The Morgan fingerprint density at radius 1 is 1.53 bits per heavy atom. The molecule has 0 saturated carbocycles. The maximum atomic E-state index is 5.90. The zero-order valence-electron chi connectivity index (χ0n) is 9.46. The van der Waals surface area contributed by atoms with Gasteiger partial charge in [-0.25, -0.2) is 0 Å². The van der Waals surface area contributed by atoms with Crippen molar-refractivity contribution < 1.29 is 9.47 Å². The third-order valence-corrected chi connectivity index (χ3v) is 2.95. The van der Waals surface area contributed by atoms with E-state index >= 15 is 0 Å². The Bertz CT molecular complexity index is 248. The van der Waals surface area contributed by atoms with Crippen LogP contribution in [0, 0.1) is 0 Å². The van der Waals surface area contributed by atoms with Crippen molar-refractivity contribution in [3.63, 3.8) is 0 Å². The summed E-state index contributed by atoms with van der Waals surface area (Å²) in [6, 6.07) is 0. The maximum absolute atomic E-state index is 5.90. The smallest absolute Gasteiger partial charge is 0.0987 e. The first-order chi connectivity index (χ1) is 7.26. The van der Waals surface area contributed by atoms with Crippen molar-refractivity contribution in [3.05, 3.63) is 24.0 Å². The van der Waals surface area contributed by atoms with Gasteiger partial charge >= 0.3 is 0 Å². The molecular weight excluding hydrogens is 212 g/mol. The van der Waals surface area contributed by atoms with Crippen LogP contribution in [0.15, 0.2) is 24.0 Å². The average Bonchev–Trinajstić information content (AvgIpc) is 2.30. The van der Waals surface area contributed by atoms with Gasteiger partial charge in [-0.3, -0.25) is 0 Å². The van der Waals surface area contributed by atoms with E-state index in [2.05, 4.69) is 13.0 Å². The van der Waals surface area contributed by atoms with Crippen LogP contribution in [-0.2, 0) is 9.47 Å². The third-order valence-electron chi connectivity index (χ3n) is 2.68. The molecule has 0 radical (unpaired) electrons. The Balaban J connectivity index is 2.55. The topological polar surface area (TPSA) is 18.5 Å². The number of halogens is 1. The van der Waals surface area contributed by atoms with Gasteiger partial charge in [0.1, 0.15) is 0 Å². The van der Waals surface area contributed by atoms with Gasteiger partial charge < -0.3 is 9.47 Å². The van der Waals surface area contributed by atoms with Gasteiger partial charge in [0, 0.05) is 18.9 Å². The largest absolute Gasteiger partial charge is 0.501 e. The maximum Gasteiger partial charge on any atom is 0.0987 e. The van der Waals surface area contributed by atoms with Crippen molar-refractivity contribution >= 4 is 11.6 Å². The zero-order valence-corrected chi connectivity index (χ0v) is 10.2. The molecule has 0 saturated heterocycles. The summed E-state index contributed by atoms with van der Waals surface area (Å²) in [6.45, 7) is 2.84. The van der Waals surface area contributed by atoms with Crippen molar-refractivity contribution in [1.29, 1.82) is 0 Å². The van der Waals surface area contributed by atoms with Crippen molar-refractivity contribution in [2.24, 2.45) is 0 Å². The van der Waals surface area contributed by atoms with E-state index in [4.69, 9.17) is 21.1 Å². The van der Waals surface area contributed by atoms with E-state index in [9.17, 15) is 0 Å². The van der Waals surface area contributed by atoms with Gasteiger partial charge in [0.25, 0.3) is 0 Å². The van der Waals surface area contributed by atoms with E-state index in [1.165, 1.54) is 0 Å². The molecule has 2 nitrogen and oxygen atoms in total. The summed E-state index contributed by atoms with van der Waals surface area (Å²) in [4.78, 5) is 0. The second-order valence-corrected chi connectivity index (χ2v) is 4.06. The van der Waals surface area contributed by atoms with Crippen LogP contribution in [0.1, 0.15) is 26.2 Å². The van der Waals surface area contributed by atoms with Gasteiger partial charge in [0.15, 0.2) is 0 Å². The molecule has 0 fully saturated rings. The summed E-state index contributed by atoms with van der Waals surface area (Å²) >= 11 is 5.63. The van der Waals surface area contributed by atoms with Crippen molar-refractivity contribution in [2.75, 3.05) is 19.6 Å². The van der Waals surface area contributed by atoms with Crippen LogP contribution in [0.4, 0.5) is 0 Å². The number of methoxy groups -OCH3 is 1. The lowest BCUT2D eigenvalue weighted by molar-refractivity contribution is -0.0196. The van der Waals surface area contributed by atoms with Gasteiger partial charge in [-0.15, -0.1) is 11.6 Å². The molecular formula is C12H19ClO2. The van der Waals surface area contributed by atoms with Gasteiger partial charge in [-0.2, -0.15) is 0 Å². The highest BCUT2D eigenvalue weighted by atomic mass is 35.5. The van der Waals surface area contributed by atoms with E-state index in [1.54, 1.807) is 7.11 Å². The fourth-order valence-electron chi connectivity index (χ4n) is 1.66. The minimum atomic E-state index is -0.188. The first-order valence-corrected chi connectivity index (χ1v) is 5.92. The molecule has 1 unspecified atom stereocenters. The lowest BCUT2D eigenvalue weighted by atomic mass is 9.91. The van der Waals surface area contributed by atoms with Crippen molar-refractivity contribution in [3.8, 4) is 0 Å².